The number of ether oxygens (including phenoxy) is 3. The van der Waals surface area contributed by atoms with Crippen molar-refractivity contribution in [3.8, 4) is 11.5 Å². The molecule has 2 aromatic heterocycles. The number of hydrogen-bond donors (Lipinski definition) is 1. The summed E-state index contributed by atoms with van der Waals surface area (Å²) in [5, 5.41) is 14.4. The summed E-state index contributed by atoms with van der Waals surface area (Å²) < 4.78 is 17.6. The van der Waals surface area contributed by atoms with Gasteiger partial charge in [0, 0.05) is 79.6 Å². The molecule has 4 heterocycles. The Morgan fingerprint density at radius 2 is 1.62 bits per heavy atom. The highest BCUT2D eigenvalue weighted by atomic mass is 35.5. The first-order valence-electron chi connectivity index (χ1n) is 16.3. The summed E-state index contributed by atoms with van der Waals surface area (Å²) >= 11 is 5.94. The van der Waals surface area contributed by atoms with Crippen LogP contribution >= 0.6 is 11.6 Å². The highest BCUT2D eigenvalue weighted by Crippen LogP contribution is 2.38. The van der Waals surface area contributed by atoms with Gasteiger partial charge in [-0.1, -0.05) is 11.6 Å². The molecule has 2 amide bonds. The number of unbranched alkanes of at least 4 members (excludes halogenated alkanes) is 1. The number of methoxy groups -OCH3 is 1. The molecule has 0 aliphatic carbocycles. The standard InChI is InChI=1S/C35H40ClN7O5/c1-46-31-23-28-29(24-32(31)48-19-3-2-12-41-17-20-47-21-18-41)33(40-39-30(28)22-25-8-10-37-11-9-25)42-13-15-43(16-14-42)35(45)34(44)38-27-6-4-26(36)5-7-27/h4-11,23-24H,2-3,12-22H2,1H3,(H,38,44). The lowest BCUT2D eigenvalue weighted by Crippen LogP contribution is -2.51. The Kier molecular flexibility index (Phi) is 11.2. The topological polar surface area (TPSA) is 122 Å². The predicted molar refractivity (Wildman–Crippen MR) is 184 cm³/mol. The molecule has 2 aromatic carbocycles. The number of piperazine rings is 1. The van der Waals surface area contributed by atoms with E-state index in [1.54, 1.807) is 48.7 Å². The maximum absolute atomic E-state index is 13.0. The average molecular weight is 674 g/mol. The number of nitrogens with one attached hydrogen (secondary N) is 1. The van der Waals surface area contributed by atoms with Crippen molar-refractivity contribution in [2.45, 2.75) is 19.3 Å². The van der Waals surface area contributed by atoms with Gasteiger partial charge in [0.25, 0.3) is 0 Å². The molecule has 0 saturated carbocycles. The lowest BCUT2D eigenvalue weighted by atomic mass is 10.0. The van der Waals surface area contributed by atoms with Crippen LogP contribution in [0.25, 0.3) is 10.8 Å². The first kappa shape index (κ1) is 33.4. The quantitative estimate of drug-likeness (QED) is 0.184. The Hall–Kier alpha value is -4.52. The van der Waals surface area contributed by atoms with Crippen molar-refractivity contribution < 1.29 is 23.8 Å². The molecule has 0 radical (unpaired) electrons. The molecule has 2 fully saturated rings. The van der Waals surface area contributed by atoms with Crippen LogP contribution < -0.4 is 19.7 Å². The zero-order valence-electron chi connectivity index (χ0n) is 27.1. The third kappa shape index (κ3) is 8.30. The first-order valence-corrected chi connectivity index (χ1v) is 16.7. The minimum atomic E-state index is -0.685. The zero-order valence-corrected chi connectivity index (χ0v) is 27.8. The Morgan fingerprint density at radius 1 is 0.896 bits per heavy atom. The van der Waals surface area contributed by atoms with Gasteiger partial charge in [0.2, 0.25) is 0 Å². The maximum atomic E-state index is 13.0. The van der Waals surface area contributed by atoms with Gasteiger partial charge in [0.15, 0.2) is 17.3 Å². The smallest absolute Gasteiger partial charge is 0.313 e. The second-order valence-electron chi connectivity index (χ2n) is 11.8. The fourth-order valence-electron chi connectivity index (χ4n) is 5.96. The molecule has 252 valence electrons. The van der Waals surface area contributed by atoms with E-state index in [-0.39, 0.29) is 0 Å². The van der Waals surface area contributed by atoms with E-state index in [9.17, 15) is 9.59 Å². The summed E-state index contributed by atoms with van der Waals surface area (Å²) in [5.41, 5.74) is 2.38. The molecule has 1 N–H and O–H groups in total. The van der Waals surface area contributed by atoms with Crippen LogP contribution in [-0.4, -0.2) is 110 Å². The summed E-state index contributed by atoms with van der Waals surface area (Å²) in [6, 6.07) is 14.5. The van der Waals surface area contributed by atoms with Crippen LogP contribution in [0.15, 0.2) is 60.9 Å². The van der Waals surface area contributed by atoms with Gasteiger partial charge in [-0.05, 0) is 73.5 Å². The largest absolute Gasteiger partial charge is 0.493 e. The van der Waals surface area contributed by atoms with Gasteiger partial charge in [-0.25, -0.2) is 0 Å². The van der Waals surface area contributed by atoms with Crippen molar-refractivity contribution in [2.24, 2.45) is 0 Å². The van der Waals surface area contributed by atoms with E-state index in [0.717, 1.165) is 67.7 Å². The second-order valence-corrected chi connectivity index (χ2v) is 12.2. The number of morpholine rings is 1. The van der Waals surface area contributed by atoms with Crippen molar-refractivity contribution in [1.29, 1.82) is 0 Å². The van der Waals surface area contributed by atoms with E-state index in [0.29, 0.717) is 67.2 Å². The number of aromatic nitrogens is 3. The number of hydrogen-bond acceptors (Lipinski definition) is 10. The number of pyridine rings is 1. The van der Waals surface area contributed by atoms with Gasteiger partial charge < -0.3 is 29.3 Å². The van der Waals surface area contributed by atoms with E-state index in [1.165, 1.54) is 0 Å². The summed E-state index contributed by atoms with van der Waals surface area (Å²) in [4.78, 5) is 35.9. The summed E-state index contributed by atoms with van der Waals surface area (Å²) in [6.45, 7) is 6.81. The number of anilines is 2. The Bertz CT molecular complexity index is 1700. The van der Waals surface area contributed by atoms with Gasteiger partial charge in [-0.2, -0.15) is 5.10 Å². The zero-order chi connectivity index (χ0) is 33.3. The lowest BCUT2D eigenvalue weighted by molar-refractivity contribution is -0.143. The number of nitrogens with zero attached hydrogens (tertiary/aromatic N) is 6. The molecule has 6 rings (SSSR count). The minimum absolute atomic E-state index is 0.359. The van der Waals surface area contributed by atoms with Gasteiger partial charge in [0.05, 0.1) is 32.6 Å². The molecule has 0 spiro atoms. The normalized spacial score (nSPS) is 15.4. The minimum Gasteiger partial charge on any atom is -0.493 e. The van der Waals surface area contributed by atoms with Crippen LogP contribution in [0.1, 0.15) is 24.1 Å². The third-order valence-electron chi connectivity index (χ3n) is 8.63. The van der Waals surface area contributed by atoms with Crippen molar-refractivity contribution in [3.63, 3.8) is 0 Å². The number of amides is 2. The van der Waals surface area contributed by atoms with Crippen LogP contribution in [0.3, 0.4) is 0 Å². The highest BCUT2D eigenvalue weighted by molar-refractivity contribution is 6.39. The van der Waals surface area contributed by atoms with Crippen LogP contribution in [0.4, 0.5) is 11.5 Å². The molecule has 2 aliphatic heterocycles. The SMILES string of the molecule is COc1cc2c(Cc3ccncc3)nnc(N3CCN(C(=O)C(=O)Nc4ccc(Cl)cc4)CC3)c2cc1OCCCCN1CCOCC1. The summed E-state index contributed by atoms with van der Waals surface area (Å²) in [6.07, 6.45) is 6.04. The number of fused-ring (bicyclic) bond motifs is 1. The molecule has 0 bridgehead atoms. The summed E-state index contributed by atoms with van der Waals surface area (Å²) in [7, 11) is 1.64. The lowest BCUT2D eigenvalue weighted by Gasteiger charge is -2.35. The van der Waals surface area contributed by atoms with Crippen LogP contribution in [0.2, 0.25) is 5.02 Å². The number of halogens is 1. The van der Waals surface area contributed by atoms with Gasteiger partial charge in [-0.3, -0.25) is 19.5 Å². The van der Waals surface area contributed by atoms with Gasteiger partial charge >= 0.3 is 11.8 Å². The highest BCUT2D eigenvalue weighted by Gasteiger charge is 2.28. The van der Waals surface area contributed by atoms with Crippen molar-refractivity contribution in [3.05, 3.63) is 77.2 Å². The molecule has 12 nitrogen and oxygen atoms in total. The van der Waals surface area contributed by atoms with Gasteiger partial charge in [0.1, 0.15) is 0 Å². The van der Waals surface area contributed by atoms with E-state index in [4.69, 9.17) is 30.9 Å². The molecule has 2 aliphatic rings. The van der Waals surface area contributed by atoms with Gasteiger partial charge in [-0.15, -0.1) is 5.10 Å². The van der Waals surface area contributed by atoms with Crippen LogP contribution in [0, 0.1) is 0 Å². The third-order valence-corrected chi connectivity index (χ3v) is 8.89. The number of carbonyl (C=O) groups is 2. The van der Waals surface area contributed by atoms with Crippen LogP contribution in [-0.2, 0) is 20.7 Å². The Labute approximate surface area is 284 Å². The number of carbonyl (C=O) groups excluding carboxylic acids is 2. The van der Waals surface area contributed by atoms with Crippen molar-refractivity contribution >= 4 is 45.7 Å². The van der Waals surface area contributed by atoms with E-state index < -0.39 is 11.8 Å². The molecular weight excluding hydrogens is 634 g/mol. The second kappa shape index (κ2) is 16.1. The molecule has 4 aromatic rings. The molecule has 48 heavy (non-hydrogen) atoms. The van der Waals surface area contributed by atoms with Crippen LogP contribution in [0.5, 0.6) is 11.5 Å². The van der Waals surface area contributed by atoms with E-state index in [2.05, 4.69) is 25.2 Å². The molecular formula is C35H40ClN7O5. The van der Waals surface area contributed by atoms with Crippen molar-refractivity contribution in [2.75, 3.05) is 83.0 Å². The number of benzene rings is 2. The monoisotopic (exact) mass is 673 g/mol. The first-order chi connectivity index (χ1) is 23.5. The van der Waals surface area contributed by atoms with E-state index in [1.807, 2.05) is 24.3 Å². The molecule has 2 saturated heterocycles. The summed E-state index contributed by atoms with van der Waals surface area (Å²) in [5.74, 6) is 0.708. The fraction of sp³-hybridized carbons (Fsp3) is 0.400. The molecule has 13 heteroatoms. The molecule has 0 atom stereocenters. The predicted octanol–water partition coefficient (Wildman–Crippen LogP) is 4.06. The maximum Gasteiger partial charge on any atom is 0.313 e. The fourth-order valence-corrected chi connectivity index (χ4v) is 6.08. The molecule has 0 unspecified atom stereocenters. The number of rotatable bonds is 11. The average Bonchev–Trinajstić information content (AvgIpc) is 3.13. The van der Waals surface area contributed by atoms with E-state index >= 15 is 0 Å². The Balaban J connectivity index is 1.18. The van der Waals surface area contributed by atoms with Crippen molar-refractivity contribution in [1.82, 2.24) is 25.0 Å². The Morgan fingerprint density at radius 3 is 2.35 bits per heavy atom.